The van der Waals surface area contributed by atoms with Gasteiger partial charge in [-0.3, -0.25) is 4.79 Å². The predicted molar refractivity (Wildman–Crippen MR) is 135 cm³/mol. The Morgan fingerprint density at radius 3 is 1.62 bits per heavy atom. The molecule has 1 rings (SSSR count). The first-order valence-corrected chi connectivity index (χ1v) is 13.7. The summed E-state index contributed by atoms with van der Waals surface area (Å²) in [5.41, 5.74) is 0. The SMILES string of the molecule is C=CC(=O)N(CCCCCCCCCCCCCCCCCC)[C@@H]1O[C@H](CO)[C@@H](O)[C@H](O)[C@H]1O. The van der Waals surface area contributed by atoms with Crippen molar-refractivity contribution in [3.63, 3.8) is 0 Å². The summed E-state index contributed by atoms with van der Waals surface area (Å²) in [5, 5.41) is 39.7. The average Bonchev–Trinajstić information content (AvgIpc) is 2.85. The predicted octanol–water partition coefficient (Wildman–Crippen LogP) is 4.06. The Morgan fingerprint density at radius 1 is 0.765 bits per heavy atom. The van der Waals surface area contributed by atoms with Crippen LogP contribution in [0.1, 0.15) is 110 Å². The summed E-state index contributed by atoms with van der Waals surface area (Å²) < 4.78 is 5.54. The zero-order chi connectivity index (χ0) is 25.2. The lowest BCUT2D eigenvalue weighted by Gasteiger charge is -2.44. The Labute approximate surface area is 207 Å². The molecule has 0 aromatic rings. The van der Waals surface area contributed by atoms with Gasteiger partial charge in [0.25, 0.3) is 0 Å². The van der Waals surface area contributed by atoms with Crippen molar-refractivity contribution >= 4 is 5.91 Å². The van der Waals surface area contributed by atoms with E-state index in [4.69, 9.17) is 4.74 Å². The molecule has 1 heterocycles. The number of amides is 1. The fourth-order valence-corrected chi connectivity index (χ4v) is 4.65. The third kappa shape index (κ3) is 11.6. The van der Waals surface area contributed by atoms with Gasteiger partial charge in [-0.15, -0.1) is 0 Å². The molecular weight excluding hydrogens is 434 g/mol. The lowest BCUT2D eigenvalue weighted by Crippen LogP contribution is -2.64. The standard InChI is InChI=1S/C27H51NO6/c1-3-5-6-7-8-9-10-11-12-13-14-15-16-17-18-19-20-28(23(30)4-2)27-26(33)25(32)24(31)22(21-29)34-27/h4,22,24-27,29,31-33H,2-3,5-21H2,1H3/t22-,24-,25+,26-,27-/m1/s1. The van der Waals surface area contributed by atoms with Crippen LogP contribution in [0, 0.1) is 0 Å². The van der Waals surface area contributed by atoms with Gasteiger partial charge in [0, 0.05) is 6.54 Å². The molecule has 1 amide bonds. The maximum atomic E-state index is 12.3. The van der Waals surface area contributed by atoms with Crippen LogP contribution in [0.25, 0.3) is 0 Å². The first-order chi connectivity index (χ1) is 16.5. The number of carbonyl (C=O) groups is 1. The Bertz CT molecular complexity index is 529. The third-order valence-corrected chi connectivity index (χ3v) is 6.88. The summed E-state index contributed by atoms with van der Waals surface area (Å²) in [6.45, 7) is 5.60. The smallest absolute Gasteiger partial charge is 0.248 e. The second-order valence-electron chi connectivity index (χ2n) is 9.76. The minimum Gasteiger partial charge on any atom is -0.394 e. The van der Waals surface area contributed by atoms with E-state index >= 15 is 0 Å². The average molecular weight is 486 g/mol. The molecule has 0 unspecified atom stereocenters. The fourth-order valence-electron chi connectivity index (χ4n) is 4.65. The van der Waals surface area contributed by atoms with Crippen LogP contribution in [0.15, 0.2) is 12.7 Å². The van der Waals surface area contributed by atoms with E-state index in [1.165, 1.54) is 88.4 Å². The molecule has 7 nitrogen and oxygen atoms in total. The van der Waals surface area contributed by atoms with Crippen molar-refractivity contribution < 1.29 is 30.0 Å². The molecule has 0 aromatic heterocycles. The molecule has 7 heteroatoms. The van der Waals surface area contributed by atoms with Gasteiger partial charge in [-0.25, -0.2) is 0 Å². The minimum atomic E-state index is -1.50. The highest BCUT2D eigenvalue weighted by Gasteiger charge is 2.46. The summed E-state index contributed by atoms with van der Waals surface area (Å²) in [4.78, 5) is 13.7. The molecule has 1 fully saturated rings. The normalized spacial score (nSPS) is 24.8. The molecule has 4 N–H and O–H groups in total. The Balaban J connectivity index is 2.15. The van der Waals surface area contributed by atoms with Gasteiger partial charge >= 0.3 is 0 Å². The van der Waals surface area contributed by atoms with Crippen LogP contribution in [0.3, 0.4) is 0 Å². The van der Waals surface area contributed by atoms with Crippen molar-refractivity contribution in [1.82, 2.24) is 4.90 Å². The van der Waals surface area contributed by atoms with Gasteiger partial charge in [0.1, 0.15) is 24.4 Å². The maximum absolute atomic E-state index is 12.3. The first-order valence-electron chi connectivity index (χ1n) is 13.7. The molecule has 0 saturated carbocycles. The maximum Gasteiger partial charge on any atom is 0.248 e. The van der Waals surface area contributed by atoms with E-state index in [0.717, 1.165) is 25.3 Å². The molecule has 34 heavy (non-hydrogen) atoms. The van der Waals surface area contributed by atoms with Crippen LogP contribution >= 0.6 is 0 Å². The third-order valence-electron chi connectivity index (χ3n) is 6.88. The highest BCUT2D eigenvalue weighted by Crippen LogP contribution is 2.24. The van der Waals surface area contributed by atoms with E-state index in [9.17, 15) is 25.2 Å². The van der Waals surface area contributed by atoms with Crippen molar-refractivity contribution in [3.05, 3.63) is 12.7 Å². The Hall–Kier alpha value is -0.990. The molecular formula is C27H51NO6. The van der Waals surface area contributed by atoms with Crippen molar-refractivity contribution in [2.75, 3.05) is 13.2 Å². The number of nitrogens with zero attached hydrogens (tertiary/aromatic N) is 1. The van der Waals surface area contributed by atoms with Crippen LogP contribution in [-0.2, 0) is 9.53 Å². The lowest BCUT2D eigenvalue weighted by molar-refractivity contribution is -0.261. The summed E-state index contributed by atoms with van der Waals surface area (Å²) in [6.07, 6.45) is 14.7. The largest absolute Gasteiger partial charge is 0.394 e. The van der Waals surface area contributed by atoms with Gasteiger partial charge in [-0.2, -0.15) is 0 Å². The van der Waals surface area contributed by atoms with Crippen molar-refractivity contribution in [2.45, 2.75) is 140 Å². The second kappa shape index (κ2) is 19.2. The molecule has 1 aliphatic heterocycles. The number of carbonyl (C=O) groups excluding carboxylic acids is 1. The number of rotatable bonds is 20. The molecule has 5 atom stereocenters. The Kier molecular flexibility index (Phi) is 17.6. The van der Waals surface area contributed by atoms with E-state index in [1.54, 1.807) is 0 Å². The summed E-state index contributed by atoms with van der Waals surface area (Å²) in [5.74, 6) is -0.412. The topological polar surface area (TPSA) is 110 Å². The molecule has 200 valence electrons. The van der Waals surface area contributed by atoms with E-state index in [2.05, 4.69) is 13.5 Å². The monoisotopic (exact) mass is 485 g/mol. The number of aliphatic hydroxyl groups excluding tert-OH is 4. The number of hydrogen-bond acceptors (Lipinski definition) is 6. The van der Waals surface area contributed by atoms with Gasteiger partial charge in [0.15, 0.2) is 6.23 Å². The van der Waals surface area contributed by atoms with Crippen molar-refractivity contribution in [1.29, 1.82) is 0 Å². The molecule has 0 radical (unpaired) electrons. The second-order valence-corrected chi connectivity index (χ2v) is 9.76. The van der Waals surface area contributed by atoms with Gasteiger partial charge in [-0.05, 0) is 12.5 Å². The van der Waals surface area contributed by atoms with Crippen molar-refractivity contribution in [2.24, 2.45) is 0 Å². The molecule has 0 aliphatic carbocycles. The van der Waals surface area contributed by atoms with E-state index in [-0.39, 0.29) is 0 Å². The summed E-state index contributed by atoms with van der Waals surface area (Å²) >= 11 is 0. The molecule has 0 spiro atoms. The fraction of sp³-hybridized carbons (Fsp3) is 0.889. The van der Waals surface area contributed by atoms with Crippen molar-refractivity contribution in [3.8, 4) is 0 Å². The molecule has 0 bridgehead atoms. The molecule has 0 aromatic carbocycles. The quantitative estimate of drug-likeness (QED) is 0.153. The minimum absolute atomic E-state index is 0.353. The zero-order valence-electron chi connectivity index (χ0n) is 21.5. The number of aliphatic hydroxyl groups is 4. The van der Waals surface area contributed by atoms with E-state index < -0.39 is 43.2 Å². The first kappa shape index (κ1) is 31.0. The highest BCUT2D eigenvalue weighted by molar-refractivity contribution is 5.87. The summed E-state index contributed by atoms with van der Waals surface area (Å²) in [6, 6.07) is 0. The zero-order valence-corrected chi connectivity index (χ0v) is 21.5. The number of hydrogen-bond donors (Lipinski definition) is 4. The number of unbranched alkanes of at least 4 members (excludes halogenated alkanes) is 15. The summed E-state index contributed by atoms with van der Waals surface area (Å²) in [7, 11) is 0. The van der Waals surface area contributed by atoms with Gasteiger partial charge in [-0.1, -0.05) is 110 Å². The lowest BCUT2D eigenvalue weighted by atomic mass is 9.97. The van der Waals surface area contributed by atoms with Gasteiger partial charge < -0.3 is 30.1 Å². The van der Waals surface area contributed by atoms with E-state index in [0.29, 0.717) is 6.54 Å². The molecule has 1 saturated heterocycles. The Morgan fingerprint density at radius 2 is 1.21 bits per heavy atom. The molecule has 1 aliphatic rings. The van der Waals surface area contributed by atoms with Crippen LogP contribution < -0.4 is 0 Å². The van der Waals surface area contributed by atoms with Crippen LogP contribution in [0.2, 0.25) is 0 Å². The van der Waals surface area contributed by atoms with E-state index in [1.807, 2.05) is 0 Å². The highest BCUT2D eigenvalue weighted by atomic mass is 16.6. The van der Waals surface area contributed by atoms with Crippen LogP contribution in [-0.4, -0.2) is 75.0 Å². The van der Waals surface area contributed by atoms with Gasteiger partial charge in [0.05, 0.1) is 6.61 Å². The van der Waals surface area contributed by atoms with Crippen LogP contribution in [0.5, 0.6) is 0 Å². The van der Waals surface area contributed by atoms with Crippen LogP contribution in [0.4, 0.5) is 0 Å². The van der Waals surface area contributed by atoms with Gasteiger partial charge in [0.2, 0.25) is 5.91 Å². The number of ether oxygens (including phenoxy) is 1.